The topological polar surface area (TPSA) is 122 Å². The number of imidazole rings is 1. The summed E-state index contributed by atoms with van der Waals surface area (Å²) in [5.41, 5.74) is 0.266. The van der Waals surface area contributed by atoms with Crippen molar-refractivity contribution in [3.05, 3.63) is 53.1 Å². The molecule has 36 heavy (non-hydrogen) atoms. The molecule has 0 N–H and O–H groups in total. The number of halogens is 1. The molecule has 1 heterocycles. The summed E-state index contributed by atoms with van der Waals surface area (Å²) >= 11 is 5.92. The van der Waals surface area contributed by atoms with Crippen LogP contribution in [0.2, 0.25) is 5.02 Å². The molecule has 1 aromatic heterocycles. The summed E-state index contributed by atoms with van der Waals surface area (Å²) in [4.78, 5) is 17.0. The SMILES string of the molecule is CN(CCCCc1cn(S(=O)(=O)N(C)C)cn1)S(=O)(=O)N(Cc1ccc(Cl)cc1)C(=O)OC(C)(C)C. The van der Waals surface area contributed by atoms with Crippen molar-refractivity contribution < 1.29 is 26.4 Å². The van der Waals surface area contributed by atoms with Crippen molar-refractivity contribution in [1.29, 1.82) is 0 Å². The third kappa shape index (κ3) is 8.17. The summed E-state index contributed by atoms with van der Waals surface area (Å²) in [6.45, 7) is 4.90. The first-order chi connectivity index (χ1) is 16.5. The quantitative estimate of drug-likeness (QED) is 0.385. The van der Waals surface area contributed by atoms with Crippen LogP contribution in [0, 0.1) is 0 Å². The fourth-order valence-electron chi connectivity index (χ4n) is 3.02. The maximum absolute atomic E-state index is 13.3. The zero-order chi connectivity index (χ0) is 27.3. The molecule has 1 aromatic carbocycles. The molecule has 0 spiro atoms. The van der Waals surface area contributed by atoms with Crippen molar-refractivity contribution in [2.24, 2.45) is 0 Å². The molecule has 202 valence electrons. The molecular weight excluding hydrogens is 530 g/mol. The average Bonchev–Trinajstić information content (AvgIpc) is 3.24. The summed E-state index contributed by atoms with van der Waals surface area (Å²) in [5.74, 6) is 0. The number of benzene rings is 1. The first-order valence-corrected chi connectivity index (χ1v) is 14.4. The van der Waals surface area contributed by atoms with E-state index in [-0.39, 0.29) is 13.1 Å². The van der Waals surface area contributed by atoms with Crippen LogP contribution >= 0.6 is 11.6 Å². The van der Waals surface area contributed by atoms with Crippen LogP contribution in [0.3, 0.4) is 0 Å². The van der Waals surface area contributed by atoms with Crippen LogP contribution in [-0.2, 0) is 38.1 Å². The highest BCUT2D eigenvalue weighted by Crippen LogP contribution is 2.20. The average molecular weight is 564 g/mol. The van der Waals surface area contributed by atoms with Crippen LogP contribution in [0.25, 0.3) is 0 Å². The number of hydrogen-bond acceptors (Lipinski definition) is 7. The predicted octanol–water partition coefficient (Wildman–Crippen LogP) is 3.13. The Balaban J connectivity index is 2.06. The predicted molar refractivity (Wildman–Crippen MR) is 138 cm³/mol. The number of aryl methyl sites for hydroxylation is 1. The molecule has 0 radical (unpaired) electrons. The molecule has 2 rings (SSSR count). The molecule has 0 saturated heterocycles. The van der Waals surface area contributed by atoms with Gasteiger partial charge in [0, 0.05) is 38.9 Å². The molecule has 14 heteroatoms. The largest absolute Gasteiger partial charge is 0.443 e. The van der Waals surface area contributed by atoms with Crippen molar-refractivity contribution in [1.82, 2.24) is 21.9 Å². The highest BCUT2D eigenvalue weighted by atomic mass is 35.5. The Kier molecular flexibility index (Phi) is 9.93. The molecule has 0 saturated carbocycles. The van der Waals surface area contributed by atoms with E-state index in [9.17, 15) is 21.6 Å². The number of unbranched alkanes of at least 4 members (excludes halogenated alkanes) is 1. The minimum absolute atomic E-state index is 0.138. The molecule has 1 amide bonds. The van der Waals surface area contributed by atoms with Crippen molar-refractivity contribution in [2.45, 2.75) is 52.2 Å². The fourth-order valence-corrected chi connectivity index (χ4v) is 5.18. The molecule has 0 aliphatic carbocycles. The third-order valence-electron chi connectivity index (χ3n) is 5.01. The van der Waals surface area contributed by atoms with Gasteiger partial charge in [0.2, 0.25) is 0 Å². The molecule has 0 unspecified atom stereocenters. The van der Waals surface area contributed by atoms with Gasteiger partial charge in [-0.05, 0) is 57.7 Å². The van der Waals surface area contributed by atoms with Gasteiger partial charge in [-0.25, -0.2) is 13.8 Å². The minimum atomic E-state index is -4.20. The van der Waals surface area contributed by atoms with E-state index >= 15 is 0 Å². The lowest BCUT2D eigenvalue weighted by Gasteiger charge is -2.30. The van der Waals surface area contributed by atoms with Gasteiger partial charge in [-0.15, -0.1) is 0 Å². The Hall–Kier alpha value is -2.19. The Morgan fingerprint density at radius 1 is 1.06 bits per heavy atom. The van der Waals surface area contributed by atoms with Crippen LogP contribution in [0.5, 0.6) is 0 Å². The maximum atomic E-state index is 13.3. The van der Waals surface area contributed by atoms with Crippen molar-refractivity contribution in [2.75, 3.05) is 27.7 Å². The molecule has 0 aliphatic heterocycles. The van der Waals surface area contributed by atoms with E-state index in [1.54, 1.807) is 45.0 Å². The smallest absolute Gasteiger partial charge is 0.425 e. The number of aromatic nitrogens is 2. The number of amides is 1. The summed E-state index contributed by atoms with van der Waals surface area (Å²) < 4.78 is 60.2. The highest BCUT2D eigenvalue weighted by Gasteiger charge is 2.34. The number of ether oxygens (including phenoxy) is 1. The van der Waals surface area contributed by atoms with E-state index in [1.165, 1.54) is 33.7 Å². The van der Waals surface area contributed by atoms with Crippen LogP contribution in [0.15, 0.2) is 36.8 Å². The van der Waals surface area contributed by atoms with Gasteiger partial charge >= 0.3 is 26.5 Å². The summed E-state index contributed by atoms with van der Waals surface area (Å²) in [6, 6.07) is 6.52. The summed E-state index contributed by atoms with van der Waals surface area (Å²) in [6.07, 6.45) is 3.18. The third-order valence-corrected chi connectivity index (χ3v) is 8.72. The van der Waals surface area contributed by atoms with Gasteiger partial charge in [0.25, 0.3) is 0 Å². The summed E-state index contributed by atoms with van der Waals surface area (Å²) in [7, 11) is -3.58. The molecule has 0 fully saturated rings. The number of nitrogens with zero attached hydrogens (tertiary/aromatic N) is 5. The molecule has 0 aliphatic rings. The van der Waals surface area contributed by atoms with Gasteiger partial charge in [0.1, 0.15) is 11.9 Å². The zero-order valence-corrected chi connectivity index (χ0v) is 23.8. The van der Waals surface area contributed by atoms with E-state index in [2.05, 4.69) is 4.98 Å². The molecule has 11 nitrogen and oxygen atoms in total. The van der Waals surface area contributed by atoms with Gasteiger partial charge in [0.05, 0.1) is 12.2 Å². The highest BCUT2D eigenvalue weighted by molar-refractivity contribution is 7.87. The maximum Gasteiger partial charge on any atom is 0.425 e. The van der Waals surface area contributed by atoms with E-state index in [0.717, 1.165) is 12.6 Å². The molecule has 2 aromatic rings. The number of carbonyl (C=O) groups is 1. The lowest BCUT2D eigenvalue weighted by molar-refractivity contribution is 0.0373. The Morgan fingerprint density at radius 3 is 2.22 bits per heavy atom. The molecular formula is C22H34ClN5O6S2. The summed E-state index contributed by atoms with van der Waals surface area (Å²) in [5, 5.41) is 0.492. The second-order valence-electron chi connectivity index (χ2n) is 9.38. The standard InChI is InChI=1S/C22H34ClN5O6S2/c1-22(2,3)34-21(29)28(15-18-10-12-19(23)13-11-18)36(32,33)26(6)14-8-7-9-20-16-27(17-24-20)35(30,31)25(4)5/h10-13,16-17H,7-9,14-15H2,1-6H3. The lowest BCUT2D eigenvalue weighted by Crippen LogP contribution is -2.47. The number of hydrogen-bond donors (Lipinski definition) is 0. The molecule has 0 atom stereocenters. The zero-order valence-electron chi connectivity index (χ0n) is 21.4. The first-order valence-electron chi connectivity index (χ1n) is 11.2. The number of carbonyl (C=O) groups excluding carboxylic acids is 1. The van der Waals surface area contributed by atoms with Gasteiger partial charge < -0.3 is 4.74 Å². The normalized spacial score (nSPS) is 12.8. The second-order valence-corrected chi connectivity index (χ2v) is 13.8. The van der Waals surface area contributed by atoms with Crippen LogP contribution in [-0.4, -0.2) is 78.1 Å². The van der Waals surface area contributed by atoms with Crippen LogP contribution < -0.4 is 0 Å². The lowest BCUT2D eigenvalue weighted by atomic mass is 10.2. The van der Waals surface area contributed by atoms with Crippen molar-refractivity contribution >= 4 is 38.1 Å². The van der Waals surface area contributed by atoms with E-state index in [1.807, 2.05) is 0 Å². The monoisotopic (exact) mass is 563 g/mol. The van der Waals surface area contributed by atoms with Gasteiger partial charge in [-0.1, -0.05) is 23.7 Å². The minimum Gasteiger partial charge on any atom is -0.443 e. The first kappa shape index (κ1) is 30.0. The second kappa shape index (κ2) is 11.9. The van der Waals surface area contributed by atoms with Crippen molar-refractivity contribution in [3.63, 3.8) is 0 Å². The van der Waals surface area contributed by atoms with Crippen molar-refractivity contribution in [3.8, 4) is 0 Å². The van der Waals surface area contributed by atoms with Gasteiger partial charge in [-0.3, -0.25) is 0 Å². The van der Waals surface area contributed by atoms with Crippen LogP contribution in [0.4, 0.5) is 4.79 Å². The van der Waals surface area contributed by atoms with E-state index in [0.29, 0.717) is 39.8 Å². The molecule has 0 bridgehead atoms. The fraction of sp³-hybridized carbons (Fsp3) is 0.545. The number of rotatable bonds is 11. The Morgan fingerprint density at radius 2 is 1.67 bits per heavy atom. The van der Waals surface area contributed by atoms with Gasteiger partial charge in [-0.2, -0.15) is 29.8 Å². The Bertz CT molecular complexity index is 1240. The Labute approximate surface area is 219 Å². The van der Waals surface area contributed by atoms with E-state index < -0.39 is 32.1 Å². The van der Waals surface area contributed by atoms with E-state index in [4.69, 9.17) is 16.3 Å². The van der Waals surface area contributed by atoms with Crippen LogP contribution in [0.1, 0.15) is 44.9 Å². The van der Waals surface area contributed by atoms with Gasteiger partial charge in [0.15, 0.2) is 0 Å².